The third kappa shape index (κ3) is 5.02. The van der Waals surface area contributed by atoms with E-state index in [1.165, 1.54) is 0 Å². The van der Waals surface area contributed by atoms with Crippen molar-refractivity contribution >= 4 is 5.91 Å². The van der Waals surface area contributed by atoms with Crippen molar-refractivity contribution in [3.63, 3.8) is 0 Å². The van der Waals surface area contributed by atoms with Gasteiger partial charge in [-0.3, -0.25) is 4.79 Å². The molecule has 1 atom stereocenters. The molecule has 1 amide bonds. The Balaban J connectivity index is 1.72. The third-order valence-corrected chi connectivity index (χ3v) is 5.79. The smallest absolute Gasteiger partial charge is 0.227 e. The first-order chi connectivity index (χ1) is 15.5. The average Bonchev–Trinajstić information content (AvgIpc) is 3.42. The summed E-state index contributed by atoms with van der Waals surface area (Å²) in [5.41, 5.74) is 3.79. The largest absolute Gasteiger partial charge is 0.439 e. The highest BCUT2D eigenvalue weighted by atomic mass is 16.5. The lowest BCUT2D eigenvalue weighted by Gasteiger charge is -2.25. The molecule has 1 aromatic heterocycles. The third-order valence-electron chi connectivity index (χ3n) is 5.79. The summed E-state index contributed by atoms with van der Waals surface area (Å²) < 4.78 is 14.1. The van der Waals surface area contributed by atoms with Crippen LogP contribution < -0.4 is 4.74 Å². The molecule has 0 spiro atoms. The van der Waals surface area contributed by atoms with Crippen LogP contribution in [-0.2, 0) is 16.1 Å². The predicted octanol–water partition coefficient (Wildman–Crippen LogP) is 5.20. The van der Waals surface area contributed by atoms with Crippen molar-refractivity contribution in [1.82, 2.24) is 14.7 Å². The van der Waals surface area contributed by atoms with Gasteiger partial charge in [0.05, 0.1) is 29.6 Å². The molecule has 1 aliphatic rings. The standard InChI is InChI=1S/C26H31N3O3/c1-4-25(30)28(17-23-14-9-15-31-23)18-24-20(3)27-29(21-11-6-5-7-12-21)26(24)32-22-13-8-10-19(2)16-22/h5-8,10-13,16,23H,4,9,14-15,17-18H2,1-3H3. The molecule has 0 saturated carbocycles. The Morgan fingerprint density at radius 1 is 1.19 bits per heavy atom. The van der Waals surface area contributed by atoms with E-state index in [9.17, 15) is 4.79 Å². The fourth-order valence-electron chi connectivity index (χ4n) is 4.06. The molecule has 0 N–H and O–H groups in total. The summed E-state index contributed by atoms with van der Waals surface area (Å²) >= 11 is 0. The van der Waals surface area contributed by atoms with Gasteiger partial charge in [0.1, 0.15) is 5.75 Å². The van der Waals surface area contributed by atoms with E-state index in [1.807, 2.05) is 85.0 Å². The van der Waals surface area contributed by atoms with Crippen LogP contribution in [0.25, 0.3) is 5.69 Å². The Hall–Kier alpha value is -3.12. The number of aryl methyl sites for hydroxylation is 2. The van der Waals surface area contributed by atoms with E-state index in [0.29, 0.717) is 25.4 Å². The summed E-state index contributed by atoms with van der Waals surface area (Å²) in [4.78, 5) is 14.7. The molecule has 2 aromatic carbocycles. The SMILES string of the molecule is CCC(=O)N(Cc1c(C)nn(-c2ccccc2)c1Oc1cccc(C)c1)CC1CCCO1. The van der Waals surface area contributed by atoms with Crippen LogP contribution >= 0.6 is 0 Å². The van der Waals surface area contributed by atoms with Crippen molar-refractivity contribution in [1.29, 1.82) is 0 Å². The maximum absolute atomic E-state index is 12.8. The summed E-state index contributed by atoms with van der Waals surface area (Å²) in [5, 5.41) is 4.79. The van der Waals surface area contributed by atoms with Gasteiger partial charge in [-0.05, 0) is 56.5 Å². The highest BCUT2D eigenvalue weighted by Gasteiger charge is 2.26. The van der Waals surface area contributed by atoms with Crippen LogP contribution in [0.5, 0.6) is 11.6 Å². The number of nitrogens with zero attached hydrogens (tertiary/aromatic N) is 3. The Morgan fingerprint density at radius 2 is 2.00 bits per heavy atom. The lowest BCUT2D eigenvalue weighted by molar-refractivity contribution is -0.133. The summed E-state index contributed by atoms with van der Waals surface area (Å²) in [5.74, 6) is 1.49. The van der Waals surface area contributed by atoms with Crippen LogP contribution in [0.2, 0.25) is 0 Å². The Bertz CT molecular complexity index is 1060. The van der Waals surface area contributed by atoms with E-state index in [4.69, 9.17) is 14.6 Å². The molecule has 6 nitrogen and oxygen atoms in total. The topological polar surface area (TPSA) is 56.6 Å². The van der Waals surface area contributed by atoms with Gasteiger partial charge in [0.25, 0.3) is 0 Å². The lowest BCUT2D eigenvalue weighted by Crippen LogP contribution is -2.36. The van der Waals surface area contributed by atoms with Gasteiger partial charge in [0.2, 0.25) is 11.8 Å². The van der Waals surface area contributed by atoms with Gasteiger partial charge in [0, 0.05) is 19.6 Å². The molecule has 1 unspecified atom stereocenters. The summed E-state index contributed by atoms with van der Waals surface area (Å²) in [6.07, 6.45) is 2.58. The van der Waals surface area contributed by atoms with Gasteiger partial charge in [-0.2, -0.15) is 5.10 Å². The zero-order valence-electron chi connectivity index (χ0n) is 19.1. The van der Waals surface area contributed by atoms with Crippen molar-refractivity contribution in [2.75, 3.05) is 13.2 Å². The summed E-state index contributed by atoms with van der Waals surface area (Å²) in [7, 11) is 0. The first kappa shape index (κ1) is 22.1. The zero-order chi connectivity index (χ0) is 22.5. The fourth-order valence-corrected chi connectivity index (χ4v) is 4.06. The minimum atomic E-state index is 0.0936. The van der Waals surface area contributed by atoms with Crippen molar-refractivity contribution in [2.45, 2.75) is 52.7 Å². The molecule has 1 fully saturated rings. The summed E-state index contributed by atoms with van der Waals surface area (Å²) in [6, 6.07) is 17.9. The highest BCUT2D eigenvalue weighted by Crippen LogP contribution is 2.32. The molecular weight excluding hydrogens is 402 g/mol. The second kappa shape index (κ2) is 10.0. The highest BCUT2D eigenvalue weighted by molar-refractivity contribution is 5.76. The molecule has 3 aromatic rings. The van der Waals surface area contributed by atoms with Crippen LogP contribution in [0.4, 0.5) is 0 Å². The quantitative estimate of drug-likeness (QED) is 0.490. The van der Waals surface area contributed by atoms with Gasteiger partial charge in [-0.15, -0.1) is 0 Å². The number of carbonyl (C=O) groups excluding carboxylic acids is 1. The van der Waals surface area contributed by atoms with E-state index < -0.39 is 0 Å². The molecule has 4 rings (SSSR count). The molecule has 0 aliphatic carbocycles. The van der Waals surface area contributed by atoms with E-state index >= 15 is 0 Å². The van der Waals surface area contributed by atoms with E-state index in [0.717, 1.165) is 47.7 Å². The van der Waals surface area contributed by atoms with Crippen molar-refractivity contribution in [3.8, 4) is 17.3 Å². The number of aromatic nitrogens is 2. The minimum Gasteiger partial charge on any atom is -0.439 e. The molecular formula is C26H31N3O3. The molecule has 6 heteroatoms. The maximum atomic E-state index is 12.8. The predicted molar refractivity (Wildman–Crippen MR) is 124 cm³/mol. The zero-order valence-corrected chi connectivity index (χ0v) is 19.1. The second-order valence-electron chi connectivity index (χ2n) is 8.30. The van der Waals surface area contributed by atoms with Crippen molar-refractivity contribution in [3.05, 3.63) is 71.4 Å². The molecule has 0 bridgehead atoms. The number of rotatable bonds is 8. The molecule has 1 saturated heterocycles. The lowest BCUT2D eigenvalue weighted by atomic mass is 10.1. The fraction of sp³-hybridized carbons (Fsp3) is 0.385. The molecule has 0 radical (unpaired) electrons. The van der Waals surface area contributed by atoms with Gasteiger partial charge in [0.15, 0.2) is 0 Å². The van der Waals surface area contributed by atoms with Gasteiger partial charge in [-0.1, -0.05) is 37.3 Å². The van der Waals surface area contributed by atoms with Crippen molar-refractivity contribution in [2.24, 2.45) is 0 Å². The minimum absolute atomic E-state index is 0.0936. The van der Waals surface area contributed by atoms with E-state index in [1.54, 1.807) is 0 Å². The molecule has 168 valence electrons. The molecule has 32 heavy (non-hydrogen) atoms. The second-order valence-corrected chi connectivity index (χ2v) is 8.30. The van der Waals surface area contributed by atoms with Gasteiger partial charge < -0.3 is 14.4 Å². The number of para-hydroxylation sites is 1. The van der Waals surface area contributed by atoms with Crippen LogP contribution in [-0.4, -0.2) is 39.8 Å². The number of hydrogen-bond donors (Lipinski definition) is 0. The Morgan fingerprint density at radius 3 is 2.69 bits per heavy atom. The van der Waals surface area contributed by atoms with E-state index in [-0.39, 0.29) is 12.0 Å². The first-order valence-corrected chi connectivity index (χ1v) is 11.3. The summed E-state index contributed by atoms with van der Waals surface area (Å²) in [6.45, 7) is 7.70. The van der Waals surface area contributed by atoms with Gasteiger partial charge in [-0.25, -0.2) is 4.68 Å². The number of benzene rings is 2. The maximum Gasteiger partial charge on any atom is 0.227 e. The van der Waals surface area contributed by atoms with Crippen LogP contribution in [0.3, 0.4) is 0 Å². The average molecular weight is 434 g/mol. The molecule has 2 heterocycles. The number of hydrogen-bond acceptors (Lipinski definition) is 4. The molecule has 1 aliphatic heterocycles. The Labute approximate surface area is 189 Å². The van der Waals surface area contributed by atoms with Crippen LogP contribution in [0.1, 0.15) is 43.0 Å². The number of amides is 1. The van der Waals surface area contributed by atoms with Crippen molar-refractivity contribution < 1.29 is 14.3 Å². The first-order valence-electron chi connectivity index (χ1n) is 11.3. The van der Waals surface area contributed by atoms with Crippen LogP contribution in [0, 0.1) is 13.8 Å². The van der Waals surface area contributed by atoms with Gasteiger partial charge >= 0.3 is 0 Å². The Kier molecular flexibility index (Phi) is 6.90. The number of ether oxygens (including phenoxy) is 2. The van der Waals surface area contributed by atoms with E-state index in [2.05, 4.69) is 0 Å². The number of carbonyl (C=O) groups is 1. The normalized spacial score (nSPS) is 15.7. The monoisotopic (exact) mass is 433 g/mol. The van der Waals surface area contributed by atoms with Crippen LogP contribution in [0.15, 0.2) is 54.6 Å².